The lowest BCUT2D eigenvalue weighted by Crippen LogP contribution is -2.56. The fourth-order valence-electron chi connectivity index (χ4n) is 15.8. The number of hydrogen-bond acceptors (Lipinski definition) is 9. The van der Waals surface area contributed by atoms with E-state index in [1.807, 2.05) is 108 Å². The van der Waals surface area contributed by atoms with Crippen molar-refractivity contribution in [2.24, 2.45) is 10.8 Å². The molecule has 4 atom stereocenters. The van der Waals surface area contributed by atoms with Gasteiger partial charge in [-0.2, -0.15) is 0 Å². The zero-order valence-corrected chi connectivity index (χ0v) is 59.6. The summed E-state index contributed by atoms with van der Waals surface area (Å²) in [5.41, 5.74) is 1.03. The third-order valence-electron chi connectivity index (χ3n) is 20.7. The molecule has 18 heteroatoms. The van der Waals surface area contributed by atoms with E-state index in [9.17, 15) is 9.59 Å². The molecule has 4 aromatic carbocycles. The van der Waals surface area contributed by atoms with E-state index < -0.39 is 45.9 Å². The summed E-state index contributed by atoms with van der Waals surface area (Å²) < 4.78 is 43.7. The molecule has 6 fully saturated rings. The van der Waals surface area contributed by atoms with Crippen molar-refractivity contribution >= 4 is 18.2 Å². The van der Waals surface area contributed by atoms with Crippen LogP contribution >= 0.6 is 0 Å². The van der Waals surface area contributed by atoms with Crippen molar-refractivity contribution in [2.45, 2.75) is 194 Å². The van der Waals surface area contributed by atoms with E-state index in [2.05, 4.69) is 127 Å². The van der Waals surface area contributed by atoms with Crippen LogP contribution in [-0.2, 0) is 17.8 Å². The predicted molar refractivity (Wildman–Crippen MR) is 383 cm³/mol. The number of aromatic nitrogens is 4. The normalized spacial score (nSPS) is 21.8. The Morgan fingerprint density at radius 3 is 1.28 bits per heavy atom. The van der Waals surface area contributed by atoms with Gasteiger partial charge in [0.15, 0.2) is 0 Å². The lowest BCUT2D eigenvalue weighted by atomic mass is 9.84. The zero-order valence-electron chi connectivity index (χ0n) is 59.6. The van der Waals surface area contributed by atoms with E-state index in [0.29, 0.717) is 64.3 Å². The summed E-state index contributed by atoms with van der Waals surface area (Å²) in [5.74, 6) is 1.52. The first-order valence-electron chi connectivity index (χ1n) is 36.4. The third-order valence-corrected chi connectivity index (χ3v) is 20.7. The Morgan fingerprint density at radius 2 is 0.907 bits per heavy atom. The molecule has 6 saturated heterocycles. The first kappa shape index (κ1) is 71.1. The fourth-order valence-corrected chi connectivity index (χ4v) is 15.8. The SMILES string of the molecule is CC(C)(C)C(c1nc(-c2ccccc2)cn1Cc1ccccc1)N(C[C@]1(F)CCNC1)C(=O)N1CCC(N2CCCCC2)CC1.CC(C)(C)OC(=O)N1CC[C@@](F)(CN(C(=O)N2CCC(N3CCCCC3)CC2)C(c2nc(-c3ccccc3)cn2Cc2ccccc2)C(C)(C)C)C1. The Hall–Kier alpha value is -7.15. The monoisotopic (exact) mass is 1330 g/mol. The highest BCUT2D eigenvalue weighted by molar-refractivity contribution is 5.76. The Bertz CT molecular complexity index is 3480. The molecule has 0 radical (unpaired) electrons. The summed E-state index contributed by atoms with van der Waals surface area (Å²) in [6, 6.07) is 40.6. The number of alkyl halides is 2. The van der Waals surface area contributed by atoms with Crippen LogP contribution in [0.2, 0.25) is 0 Å². The smallest absolute Gasteiger partial charge is 0.410 e. The molecule has 0 saturated carbocycles. The number of benzene rings is 4. The maximum Gasteiger partial charge on any atom is 0.410 e. The largest absolute Gasteiger partial charge is 0.444 e. The summed E-state index contributed by atoms with van der Waals surface area (Å²) in [6.45, 7) is 27.5. The molecule has 0 aliphatic carbocycles. The number of rotatable bonds is 16. The Balaban J connectivity index is 0.000000199. The van der Waals surface area contributed by atoms with Crippen molar-refractivity contribution in [1.29, 1.82) is 0 Å². The molecule has 8 heterocycles. The van der Waals surface area contributed by atoms with Crippen LogP contribution < -0.4 is 5.32 Å². The van der Waals surface area contributed by atoms with Crippen molar-refractivity contribution < 1.29 is 27.9 Å². The number of urea groups is 2. The van der Waals surface area contributed by atoms with Crippen molar-refractivity contribution in [3.63, 3.8) is 0 Å². The highest BCUT2D eigenvalue weighted by atomic mass is 19.1. The molecule has 16 nitrogen and oxygen atoms in total. The average molecular weight is 1330 g/mol. The standard InChI is InChI=1S/C42H59FN6O3.C37H51FN6O/c1-40(2,3)36(37-44-35(33-18-12-8-13-19-33)29-48(37)28-32-16-10-7-11-17-32)49(31-42(43)22-27-47(30-42)39(51)52-41(4,5)6)38(50)46-25-20-34(21-26-46)45-23-14-9-15-24-45;1-36(2,3)33(34-40-32(30-15-9-5-10-16-30)26-43(34)25-29-13-7-4-8-14-29)44(28-37(38)19-20-39-27-37)35(45)42-23-17-31(18-24-42)41-21-11-6-12-22-41/h7-8,10-13,16-19,29,34,36H,9,14-15,20-28,30-31H2,1-6H3;4-5,7-10,13-16,26,31,33,39H,6,11-12,17-25,27-28H2,1-3H3/t36?,42-;33?,37-/m00/s1. The molecule has 2 unspecified atom stereocenters. The second-order valence-electron chi connectivity index (χ2n) is 31.8. The van der Waals surface area contributed by atoms with Crippen LogP contribution in [0.4, 0.5) is 23.2 Å². The van der Waals surface area contributed by atoms with Crippen LogP contribution in [0.5, 0.6) is 0 Å². The first-order chi connectivity index (χ1) is 46.4. The molecule has 0 bridgehead atoms. The Morgan fingerprint density at radius 1 is 0.515 bits per heavy atom. The maximum absolute atomic E-state index is 17.3. The van der Waals surface area contributed by atoms with Gasteiger partial charge in [-0.15, -0.1) is 0 Å². The van der Waals surface area contributed by atoms with Crippen LogP contribution in [0.3, 0.4) is 0 Å². The van der Waals surface area contributed by atoms with E-state index in [4.69, 9.17) is 14.7 Å². The number of hydrogen-bond donors (Lipinski definition) is 1. The minimum Gasteiger partial charge on any atom is -0.444 e. The number of halogens is 2. The number of imidazole rings is 2. The minimum absolute atomic E-state index is 0.0473. The van der Waals surface area contributed by atoms with E-state index in [-0.39, 0.29) is 51.2 Å². The molecule has 524 valence electrons. The van der Waals surface area contributed by atoms with Crippen LogP contribution in [-0.4, -0.2) is 192 Å². The number of ether oxygens (including phenoxy) is 1. The van der Waals surface area contributed by atoms with Gasteiger partial charge in [-0.1, -0.05) is 176 Å². The van der Waals surface area contributed by atoms with Crippen molar-refractivity contribution in [3.8, 4) is 22.5 Å². The summed E-state index contributed by atoms with van der Waals surface area (Å²) in [4.78, 5) is 67.6. The van der Waals surface area contributed by atoms with E-state index in [1.165, 1.54) is 56.5 Å². The molecular weight excluding hydrogens is 1220 g/mol. The number of piperidine rings is 4. The molecule has 97 heavy (non-hydrogen) atoms. The Labute approximate surface area is 577 Å². The molecule has 5 amide bonds. The molecule has 12 rings (SSSR count). The number of carbonyl (C=O) groups is 3. The first-order valence-corrected chi connectivity index (χ1v) is 36.4. The highest BCUT2D eigenvalue weighted by Gasteiger charge is 2.50. The lowest BCUT2D eigenvalue weighted by molar-refractivity contribution is 0.0156. The predicted octanol–water partition coefficient (Wildman–Crippen LogP) is 15.2. The van der Waals surface area contributed by atoms with Crippen molar-refractivity contribution in [3.05, 3.63) is 156 Å². The van der Waals surface area contributed by atoms with Crippen molar-refractivity contribution in [1.82, 2.24) is 58.7 Å². The van der Waals surface area contributed by atoms with Gasteiger partial charge in [0, 0.05) is 94.4 Å². The van der Waals surface area contributed by atoms with Gasteiger partial charge in [-0.3, -0.25) is 0 Å². The summed E-state index contributed by atoms with van der Waals surface area (Å²) in [7, 11) is 0. The third kappa shape index (κ3) is 18.2. The second kappa shape index (κ2) is 30.9. The van der Waals surface area contributed by atoms with E-state index in [1.54, 1.807) is 4.90 Å². The van der Waals surface area contributed by atoms with Gasteiger partial charge >= 0.3 is 18.2 Å². The topological polar surface area (TPSA) is 131 Å². The average Bonchev–Trinajstić information content (AvgIpc) is 1.70. The fraction of sp³-hybridized carbons (Fsp3) is 0.582. The van der Waals surface area contributed by atoms with Gasteiger partial charge in [0.1, 0.15) is 28.6 Å². The number of likely N-dealkylation sites (tertiary alicyclic amines) is 5. The highest BCUT2D eigenvalue weighted by Crippen LogP contribution is 2.45. The quantitative estimate of drug-likeness (QED) is 0.101. The molecule has 1 N–H and O–H groups in total. The van der Waals surface area contributed by atoms with Gasteiger partial charge < -0.3 is 53.5 Å². The van der Waals surface area contributed by atoms with Gasteiger partial charge in [0.25, 0.3) is 0 Å². The van der Waals surface area contributed by atoms with Gasteiger partial charge in [0.05, 0.1) is 43.1 Å². The maximum atomic E-state index is 17.3. The Kier molecular flexibility index (Phi) is 22.7. The minimum atomic E-state index is -1.82. The number of amides is 5. The summed E-state index contributed by atoms with van der Waals surface area (Å²) >= 11 is 0. The van der Waals surface area contributed by atoms with Crippen LogP contribution in [0.1, 0.15) is 174 Å². The van der Waals surface area contributed by atoms with Crippen molar-refractivity contribution in [2.75, 3.05) is 91.6 Å². The molecule has 2 aromatic heterocycles. The summed E-state index contributed by atoms with van der Waals surface area (Å²) in [6.07, 6.45) is 15.6. The van der Waals surface area contributed by atoms with Crippen LogP contribution in [0.25, 0.3) is 22.5 Å². The molecule has 0 spiro atoms. The molecular formula is C79H110F2N12O4. The van der Waals surface area contributed by atoms with Gasteiger partial charge in [-0.05, 0) is 133 Å². The lowest BCUT2D eigenvalue weighted by Gasteiger charge is -2.46. The second-order valence-corrected chi connectivity index (χ2v) is 31.8. The van der Waals surface area contributed by atoms with Gasteiger partial charge in [-0.25, -0.2) is 33.1 Å². The summed E-state index contributed by atoms with van der Waals surface area (Å²) in [5, 5.41) is 3.21. The number of nitrogens with one attached hydrogen (secondary N) is 1. The van der Waals surface area contributed by atoms with Crippen LogP contribution in [0.15, 0.2) is 134 Å². The zero-order chi connectivity index (χ0) is 68.5. The number of nitrogens with zero attached hydrogens (tertiary/aromatic N) is 11. The van der Waals surface area contributed by atoms with E-state index in [0.717, 1.165) is 84.1 Å². The molecule has 6 aliphatic rings. The van der Waals surface area contributed by atoms with Crippen LogP contribution in [0, 0.1) is 10.8 Å². The van der Waals surface area contributed by atoms with Gasteiger partial charge in [0.2, 0.25) is 0 Å². The van der Waals surface area contributed by atoms with E-state index >= 15 is 13.6 Å². The number of carbonyl (C=O) groups excluding carboxylic acids is 3. The molecule has 6 aromatic rings. The molecule has 6 aliphatic heterocycles.